The highest BCUT2D eigenvalue weighted by Gasteiger charge is 2.32. The molecule has 0 saturated carbocycles. The third kappa shape index (κ3) is 4.07. The first-order valence-corrected chi connectivity index (χ1v) is 8.66. The van der Waals surface area contributed by atoms with Gasteiger partial charge in [-0.15, -0.1) is 11.3 Å². The van der Waals surface area contributed by atoms with Gasteiger partial charge < -0.3 is 10.3 Å². The lowest BCUT2D eigenvalue weighted by atomic mass is 10.2. The lowest BCUT2D eigenvalue weighted by Crippen LogP contribution is -2.40. The molecule has 128 valence electrons. The van der Waals surface area contributed by atoms with Crippen LogP contribution >= 0.6 is 11.3 Å². The zero-order valence-electron chi connectivity index (χ0n) is 13.3. The summed E-state index contributed by atoms with van der Waals surface area (Å²) < 4.78 is 13.8. The van der Waals surface area contributed by atoms with Gasteiger partial charge in [0.25, 0.3) is 5.91 Å². The van der Waals surface area contributed by atoms with Crippen LogP contribution in [0.4, 0.5) is 4.39 Å². The third-order valence-electron chi connectivity index (χ3n) is 4.03. The van der Waals surface area contributed by atoms with Crippen molar-refractivity contribution in [2.24, 2.45) is 0 Å². The highest BCUT2D eigenvalue weighted by molar-refractivity contribution is 7.09. The molecule has 1 aliphatic rings. The molecule has 1 amide bonds. The van der Waals surface area contributed by atoms with Crippen LogP contribution in [-0.2, 0) is 6.54 Å². The molecular weight excluding hydrogens is 331 g/mol. The standard InChI is InChI=1S/C16H19FN4O2S/c1-10-5-14(20-16(23)19-10)15(22)18-7-12-6-11(17)8-21(12)9-13-3-2-4-24-13/h2-5,11-12H,6-9H2,1H3,(H,18,22)(H,19,20,23)/t11-,12-/m0/s1. The summed E-state index contributed by atoms with van der Waals surface area (Å²) in [6, 6.07) is 5.46. The molecule has 0 bridgehead atoms. The zero-order valence-corrected chi connectivity index (χ0v) is 14.1. The molecule has 3 heterocycles. The van der Waals surface area contributed by atoms with Crippen LogP contribution in [-0.4, -0.2) is 46.1 Å². The number of likely N-dealkylation sites (tertiary alicyclic amines) is 1. The van der Waals surface area contributed by atoms with Crippen molar-refractivity contribution in [1.29, 1.82) is 0 Å². The number of hydrogen-bond donors (Lipinski definition) is 2. The number of rotatable bonds is 5. The van der Waals surface area contributed by atoms with Crippen molar-refractivity contribution in [2.45, 2.75) is 32.1 Å². The number of nitrogens with one attached hydrogen (secondary N) is 2. The Morgan fingerprint density at radius 3 is 3.12 bits per heavy atom. The number of aryl methyl sites for hydroxylation is 1. The molecule has 1 aliphatic heterocycles. The molecule has 8 heteroatoms. The molecule has 0 radical (unpaired) electrons. The van der Waals surface area contributed by atoms with Crippen LogP contribution in [0.1, 0.15) is 27.5 Å². The molecule has 3 rings (SSSR count). The first kappa shape index (κ1) is 16.8. The molecule has 1 fully saturated rings. The minimum atomic E-state index is -0.883. The van der Waals surface area contributed by atoms with Crippen LogP contribution in [0.5, 0.6) is 0 Å². The number of alkyl halides is 1. The molecule has 24 heavy (non-hydrogen) atoms. The Bertz CT molecular complexity index is 762. The van der Waals surface area contributed by atoms with Gasteiger partial charge in [0.15, 0.2) is 0 Å². The summed E-state index contributed by atoms with van der Waals surface area (Å²) in [5.41, 5.74) is 0.101. The largest absolute Gasteiger partial charge is 0.349 e. The monoisotopic (exact) mass is 350 g/mol. The van der Waals surface area contributed by atoms with Crippen LogP contribution in [0.25, 0.3) is 0 Å². The normalized spacial score (nSPS) is 21.1. The molecule has 2 N–H and O–H groups in total. The SMILES string of the molecule is Cc1cc(C(=O)NC[C@@H]2C[C@H](F)CN2Cc2cccs2)nc(=O)[nH]1. The lowest BCUT2D eigenvalue weighted by molar-refractivity contribution is 0.0934. The van der Waals surface area contributed by atoms with E-state index >= 15 is 0 Å². The molecular formula is C16H19FN4O2S. The van der Waals surface area contributed by atoms with Crippen molar-refractivity contribution >= 4 is 17.2 Å². The Balaban J connectivity index is 1.61. The second-order valence-electron chi connectivity index (χ2n) is 5.96. The molecule has 0 aliphatic carbocycles. The van der Waals surface area contributed by atoms with Crippen molar-refractivity contribution < 1.29 is 9.18 Å². The minimum absolute atomic E-state index is 0.0610. The minimum Gasteiger partial charge on any atom is -0.349 e. The van der Waals surface area contributed by atoms with E-state index in [-0.39, 0.29) is 11.7 Å². The Morgan fingerprint density at radius 2 is 2.42 bits per heavy atom. The van der Waals surface area contributed by atoms with E-state index in [0.717, 1.165) is 0 Å². The maximum absolute atomic E-state index is 13.8. The van der Waals surface area contributed by atoms with E-state index in [9.17, 15) is 14.0 Å². The molecule has 0 aromatic carbocycles. The number of hydrogen-bond acceptors (Lipinski definition) is 5. The van der Waals surface area contributed by atoms with E-state index in [0.29, 0.717) is 31.7 Å². The van der Waals surface area contributed by atoms with Crippen LogP contribution in [0.3, 0.4) is 0 Å². The van der Waals surface area contributed by atoms with Crippen LogP contribution < -0.4 is 11.0 Å². The van der Waals surface area contributed by atoms with Crippen molar-refractivity contribution in [1.82, 2.24) is 20.2 Å². The van der Waals surface area contributed by atoms with Gasteiger partial charge in [0.1, 0.15) is 11.9 Å². The summed E-state index contributed by atoms with van der Waals surface area (Å²) in [5, 5.41) is 4.76. The van der Waals surface area contributed by atoms with Gasteiger partial charge in [-0.05, 0) is 30.9 Å². The zero-order chi connectivity index (χ0) is 17.1. The van der Waals surface area contributed by atoms with Gasteiger partial charge >= 0.3 is 5.69 Å². The second-order valence-corrected chi connectivity index (χ2v) is 6.99. The molecule has 0 spiro atoms. The molecule has 2 aromatic heterocycles. The summed E-state index contributed by atoms with van der Waals surface area (Å²) in [6.07, 6.45) is -0.486. The second kappa shape index (κ2) is 7.23. The smallest absolute Gasteiger partial charge is 0.345 e. The fourth-order valence-electron chi connectivity index (χ4n) is 2.93. The number of aromatic nitrogens is 2. The van der Waals surface area contributed by atoms with E-state index in [2.05, 4.69) is 15.3 Å². The number of carbonyl (C=O) groups is 1. The Morgan fingerprint density at radius 1 is 1.58 bits per heavy atom. The molecule has 2 atom stereocenters. The number of H-pyrrole nitrogens is 1. The highest BCUT2D eigenvalue weighted by Crippen LogP contribution is 2.23. The highest BCUT2D eigenvalue weighted by atomic mass is 32.1. The molecule has 0 unspecified atom stereocenters. The first-order valence-electron chi connectivity index (χ1n) is 7.78. The lowest BCUT2D eigenvalue weighted by Gasteiger charge is -2.23. The Labute approximate surface area is 142 Å². The Hall–Kier alpha value is -2.06. The predicted molar refractivity (Wildman–Crippen MR) is 90.0 cm³/mol. The van der Waals surface area contributed by atoms with Crippen molar-refractivity contribution in [3.63, 3.8) is 0 Å². The quantitative estimate of drug-likeness (QED) is 0.856. The van der Waals surface area contributed by atoms with Gasteiger partial charge in [-0.3, -0.25) is 9.69 Å². The molecule has 2 aromatic rings. The van der Waals surface area contributed by atoms with E-state index in [1.54, 1.807) is 18.3 Å². The molecule has 1 saturated heterocycles. The average Bonchev–Trinajstić information content (AvgIpc) is 3.14. The fourth-order valence-corrected chi connectivity index (χ4v) is 3.66. The van der Waals surface area contributed by atoms with E-state index < -0.39 is 17.8 Å². The molecule has 6 nitrogen and oxygen atoms in total. The van der Waals surface area contributed by atoms with E-state index in [1.165, 1.54) is 10.9 Å². The number of amides is 1. The van der Waals surface area contributed by atoms with Crippen LogP contribution in [0, 0.1) is 6.92 Å². The predicted octanol–water partition coefficient (Wildman–Crippen LogP) is 1.48. The Kier molecular flexibility index (Phi) is 5.06. The van der Waals surface area contributed by atoms with Gasteiger partial charge in [0, 0.05) is 36.2 Å². The van der Waals surface area contributed by atoms with E-state index in [4.69, 9.17) is 0 Å². The van der Waals surface area contributed by atoms with Gasteiger partial charge in [-0.25, -0.2) is 9.18 Å². The van der Waals surface area contributed by atoms with Gasteiger partial charge in [0.2, 0.25) is 0 Å². The average molecular weight is 350 g/mol. The van der Waals surface area contributed by atoms with Gasteiger partial charge in [-0.2, -0.15) is 4.98 Å². The van der Waals surface area contributed by atoms with Crippen LogP contribution in [0.15, 0.2) is 28.4 Å². The fraction of sp³-hybridized carbons (Fsp3) is 0.438. The summed E-state index contributed by atoms with van der Waals surface area (Å²) in [5.74, 6) is -0.414. The number of nitrogens with zero attached hydrogens (tertiary/aromatic N) is 2. The number of halogens is 1. The number of thiophene rings is 1. The maximum Gasteiger partial charge on any atom is 0.345 e. The summed E-state index contributed by atoms with van der Waals surface area (Å²) in [4.78, 5) is 32.9. The third-order valence-corrected chi connectivity index (χ3v) is 4.89. The topological polar surface area (TPSA) is 78.1 Å². The van der Waals surface area contributed by atoms with Crippen molar-refractivity contribution in [3.8, 4) is 0 Å². The van der Waals surface area contributed by atoms with Crippen LogP contribution in [0.2, 0.25) is 0 Å². The maximum atomic E-state index is 13.8. The summed E-state index contributed by atoms with van der Waals surface area (Å²) in [7, 11) is 0. The number of carbonyl (C=O) groups excluding carboxylic acids is 1. The number of aromatic amines is 1. The van der Waals surface area contributed by atoms with Crippen molar-refractivity contribution in [2.75, 3.05) is 13.1 Å². The summed E-state index contributed by atoms with van der Waals surface area (Å²) in [6.45, 7) is 3.08. The first-order chi connectivity index (χ1) is 11.5. The van der Waals surface area contributed by atoms with Crippen molar-refractivity contribution in [3.05, 3.63) is 50.3 Å². The van der Waals surface area contributed by atoms with Gasteiger partial charge in [-0.1, -0.05) is 6.07 Å². The van der Waals surface area contributed by atoms with E-state index in [1.807, 2.05) is 22.4 Å². The summed E-state index contributed by atoms with van der Waals surface area (Å²) >= 11 is 1.64. The van der Waals surface area contributed by atoms with Gasteiger partial charge in [0.05, 0.1) is 0 Å².